The van der Waals surface area contributed by atoms with E-state index in [-0.39, 0.29) is 31.9 Å². The molecule has 0 spiro atoms. The fourth-order valence-electron chi connectivity index (χ4n) is 8.73. The van der Waals surface area contributed by atoms with Gasteiger partial charge >= 0.3 is 0 Å². The van der Waals surface area contributed by atoms with Crippen molar-refractivity contribution in [3.63, 3.8) is 0 Å². The van der Waals surface area contributed by atoms with E-state index < -0.39 is 0 Å². The third-order valence-electron chi connectivity index (χ3n) is 11.1. The van der Waals surface area contributed by atoms with Crippen molar-refractivity contribution >= 4 is 33.2 Å². The Balaban J connectivity index is 0.00000512. The average molecular weight is 945 g/mol. The number of ether oxygens (including phenoxy) is 1. The van der Waals surface area contributed by atoms with E-state index in [1.54, 1.807) is 0 Å². The Morgan fingerprint density at radius 2 is 1.33 bits per heavy atom. The molecule has 7 aromatic rings. The van der Waals surface area contributed by atoms with Gasteiger partial charge in [0.1, 0.15) is 5.82 Å². The molecule has 5 aromatic carbocycles. The van der Waals surface area contributed by atoms with Crippen LogP contribution in [0, 0.1) is 65.8 Å². The molecule has 58 heavy (non-hydrogen) atoms. The van der Waals surface area contributed by atoms with E-state index in [4.69, 9.17) is 9.72 Å². The minimum absolute atomic E-state index is 0. The molecule has 8 rings (SSSR count). The Morgan fingerprint density at radius 3 is 1.98 bits per heavy atom. The number of fused-ring (bicyclic) bond motifs is 3. The topological polar surface area (TPSA) is 33.5 Å². The molecule has 5 nitrogen and oxygen atoms in total. The van der Waals surface area contributed by atoms with Crippen LogP contribution in [-0.4, -0.2) is 9.55 Å². The largest absolute Gasteiger partial charge is 0.509 e. The van der Waals surface area contributed by atoms with Crippen molar-refractivity contribution in [3.8, 4) is 28.4 Å². The Labute approximate surface area is 359 Å². The molecule has 0 atom stereocenters. The maximum absolute atomic E-state index is 6.90. The number of aromatic nitrogens is 2. The third kappa shape index (κ3) is 7.50. The average Bonchev–Trinajstić information content (AvgIpc) is 3.71. The van der Waals surface area contributed by atoms with Crippen LogP contribution in [0.15, 0.2) is 103 Å². The Hall–Kier alpha value is -5.12. The Morgan fingerprint density at radius 1 is 0.672 bits per heavy atom. The maximum Gasteiger partial charge on any atom is 0.136 e. The molecule has 0 bridgehead atoms. The normalized spacial score (nSPS) is 13.3. The summed E-state index contributed by atoms with van der Waals surface area (Å²) in [4.78, 5) is 9.47. The van der Waals surface area contributed by atoms with Gasteiger partial charge in [-0.05, 0) is 105 Å². The van der Waals surface area contributed by atoms with E-state index in [0.717, 1.165) is 44.4 Å². The van der Waals surface area contributed by atoms with E-state index >= 15 is 0 Å². The molecule has 6 heteroatoms. The Kier molecular flexibility index (Phi) is 10.8. The summed E-state index contributed by atoms with van der Waals surface area (Å²) in [5, 5.41) is 2.23. The summed E-state index contributed by atoms with van der Waals surface area (Å²) < 4.78 is 9.12. The molecule has 0 amide bonds. The predicted octanol–water partition coefficient (Wildman–Crippen LogP) is 13.7. The zero-order chi connectivity index (χ0) is 40.6. The van der Waals surface area contributed by atoms with Crippen LogP contribution in [-0.2, 0) is 26.5 Å². The number of para-hydroxylation sites is 1. The number of benzene rings is 5. The van der Waals surface area contributed by atoms with Gasteiger partial charge in [-0.1, -0.05) is 106 Å². The third-order valence-corrected chi connectivity index (χ3v) is 11.1. The minimum atomic E-state index is -0.191. The number of hydrogen-bond donors (Lipinski definition) is 0. The van der Waals surface area contributed by atoms with Gasteiger partial charge in [0.25, 0.3) is 0 Å². The summed E-state index contributed by atoms with van der Waals surface area (Å²) in [5.74, 6) is 2.14. The molecule has 3 heterocycles. The number of allylic oxidation sites excluding steroid dienone is 1. The van der Waals surface area contributed by atoms with Gasteiger partial charge in [0.15, 0.2) is 0 Å². The van der Waals surface area contributed by atoms with Crippen molar-refractivity contribution in [1.82, 2.24) is 9.55 Å². The first-order valence-corrected chi connectivity index (χ1v) is 20.0. The van der Waals surface area contributed by atoms with Crippen LogP contribution in [0.1, 0.15) is 80.5 Å². The van der Waals surface area contributed by atoms with Crippen molar-refractivity contribution in [3.05, 3.63) is 161 Å². The molecule has 2 aromatic heterocycles. The number of hydrogen-bond acceptors (Lipinski definition) is 4. The summed E-state index contributed by atoms with van der Waals surface area (Å²) in [7, 11) is 0. The summed E-state index contributed by atoms with van der Waals surface area (Å²) in [6, 6.07) is 37.8. The number of pyridine rings is 1. The SMILES string of the molecule is Cc1cc(C)c(-c2ccnc(-n3c4[c-]c(Oc5[c-]c(N6C=C(C(C)(C)C)N(c7c(C)cc(C)cc7C)[CH-]6)ccc5C(C)(C)C)ccc4c4ccccc43)c2)c(C)c1.[Pt]. The second-order valence-electron chi connectivity index (χ2n) is 18.0. The summed E-state index contributed by atoms with van der Waals surface area (Å²) in [5.41, 5.74) is 16.0. The van der Waals surface area contributed by atoms with Crippen LogP contribution < -0.4 is 14.5 Å². The standard InChI is InChI=1S/C52H53N4O.Pt/c1-32-23-34(3)49(35(4)24-32)38-21-22-53-48(27-38)56-44-16-14-13-15-41(44)42-19-18-40(29-45(42)56)57-46-28-39(17-20-43(46)51(7,8)9)54-30-47(52(10,11)12)55(31-54)50-36(5)25-33(2)26-37(50)6;/h13-27,30-31H,1-12H3;/q-3;. The number of anilines is 2. The smallest absolute Gasteiger partial charge is 0.136 e. The van der Waals surface area contributed by atoms with Gasteiger partial charge in [-0.15, -0.1) is 47.6 Å². The molecule has 1 aliphatic heterocycles. The van der Waals surface area contributed by atoms with E-state index in [0.29, 0.717) is 11.5 Å². The molecular weight excluding hydrogens is 892 g/mol. The maximum atomic E-state index is 6.90. The van der Waals surface area contributed by atoms with E-state index in [9.17, 15) is 0 Å². The molecule has 0 saturated carbocycles. The van der Waals surface area contributed by atoms with Crippen molar-refractivity contribution in [2.75, 3.05) is 9.80 Å². The summed E-state index contributed by atoms with van der Waals surface area (Å²) in [6.07, 6.45) is 4.15. The van der Waals surface area contributed by atoms with Crippen LogP contribution in [0.4, 0.5) is 11.4 Å². The van der Waals surface area contributed by atoms with Crippen molar-refractivity contribution in [2.45, 2.75) is 88.5 Å². The molecule has 0 unspecified atom stereocenters. The van der Waals surface area contributed by atoms with Gasteiger partial charge in [0, 0.05) is 61.1 Å². The van der Waals surface area contributed by atoms with Gasteiger partial charge in [0.05, 0.1) is 0 Å². The quantitative estimate of drug-likeness (QED) is 0.156. The Bertz CT molecular complexity index is 2700. The monoisotopic (exact) mass is 944 g/mol. The van der Waals surface area contributed by atoms with Gasteiger partial charge in [-0.25, -0.2) is 4.98 Å². The molecule has 1 aliphatic rings. The molecule has 0 fully saturated rings. The van der Waals surface area contributed by atoms with E-state index in [2.05, 4.69) is 201 Å². The van der Waals surface area contributed by atoms with Crippen molar-refractivity contribution in [1.29, 1.82) is 0 Å². The molecule has 0 radical (unpaired) electrons. The molecule has 0 N–H and O–H groups in total. The first-order valence-electron chi connectivity index (χ1n) is 20.0. The summed E-state index contributed by atoms with van der Waals surface area (Å²) >= 11 is 0. The van der Waals surface area contributed by atoms with Crippen LogP contribution in [0.2, 0.25) is 0 Å². The van der Waals surface area contributed by atoms with Gasteiger partial charge in [-0.3, -0.25) is 0 Å². The second kappa shape index (κ2) is 15.2. The first kappa shape index (κ1) is 41.1. The molecule has 0 saturated heterocycles. The van der Waals surface area contributed by atoms with Crippen molar-refractivity contribution < 1.29 is 25.8 Å². The van der Waals surface area contributed by atoms with Crippen LogP contribution in [0.3, 0.4) is 0 Å². The van der Waals surface area contributed by atoms with Gasteiger partial charge in [0.2, 0.25) is 0 Å². The minimum Gasteiger partial charge on any atom is -0.509 e. The zero-order valence-electron chi connectivity index (χ0n) is 35.8. The van der Waals surface area contributed by atoms with Crippen LogP contribution in [0.25, 0.3) is 38.8 Å². The molecule has 300 valence electrons. The summed E-state index contributed by atoms with van der Waals surface area (Å²) in [6.45, 7) is 28.7. The fourth-order valence-corrected chi connectivity index (χ4v) is 8.73. The molecular formula is C52H53N4OPt-3. The van der Waals surface area contributed by atoms with E-state index in [1.807, 2.05) is 12.3 Å². The zero-order valence-corrected chi connectivity index (χ0v) is 38.1. The van der Waals surface area contributed by atoms with Crippen LogP contribution in [0.5, 0.6) is 11.5 Å². The van der Waals surface area contributed by atoms with Gasteiger partial charge in [-0.2, -0.15) is 12.1 Å². The second-order valence-corrected chi connectivity index (χ2v) is 18.0. The molecule has 0 aliphatic carbocycles. The van der Waals surface area contributed by atoms with Crippen LogP contribution >= 0.6 is 0 Å². The van der Waals surface area contributed by atoms with E-state index in [1.165, 1.54) is 50.3 Å². The number of aryl methyl sites for hydroxylation is 6. The first-order chi connectivity index (χ1) is 27.0. The van der Waals surface area contributed by atoms with Crippen molar-refractivity contribution in [2.24, 2.45) is 5.41 Å². The van der Waals surface area contributed by atoms with Gasteiger partial charge < -0.3 is 19.1 Å². The number of nitrogens with zero attached hydrogens (tertiary/aromatic N) is 4. The fraction of sp³-hybridized carbons (Fsp3) is 0.269. The number of rotatable bonds is 6. The predicted molar refractivity (Wildman–Crippen MR) is 239 cm³/mol.